The number of rotatable bonds is 7. The molecular weight excluding hydrogens is 364 g/mol. The number of likely N-dealkylation sites (N-methyl/N-ethyl adjacent to an activating group) is 1. The van der Waals surface area contributed by atoms with Crippen LogP contribution in [0.4, 0.5) is 0 Å². The Morgan fingerprint density at radius 3 is 2.52 bits per heavy atom. The molecule has 1 aliphatic rings. The molecule has 0 spiro atoms. The van der Waals surface area contributed by atoms with Crippen LogP contribution >= 0.6 is 0 Å². The summed E-state index contributed by atoms with van der Waals surface area (Å²) in [4.78, 5) is 15.1. The van der Waals surface area contributed by atoms with E-state index < -0.39 is 5.60 Å². The zero-order chi connectivity index (χ0) is 20.1. The van der Waals surface area contributed by atoms with Crippen LogP contribution in [0.1, 0.15) is 24.2 Å². The molecule has 0 N–H and O–H groups in total. The van der Waals surface area contributed by atoms with Gasteiger partial charge in [-0.15, -0.1) is 0 Å². The summed E-state index contributed by atoms with van der Waals surface area (Å²) >= 11 is 0. The van der Waals surface area contributed by atoms with Gasteiger partial charge < -0.3 is 14.2 Å². The molecule has 29 heavy (non-hydrogen) atoms. The molecule has 1 atom stereocenters. The summed E-state index contributed by atoms with van der Waals surface area (Å²) in [6.45, 7) is 1.25. The quantitative estimate of drug-likeness (QED) is 0.609. The highest BCUT2D eigenvalue weighted by Crippen LogP contribution is 2.32. The van der Waals surface area contributed by atoms with Crippen molar-refractivity contribution in [1.82, 2.24) is 10.1 Å². The van der Waals surface area contributed by atoms with Crippen molar-refractivity contribution in [2.24, 2.45) is 0 Å². The van der Waals surface area contributed by atoms with E-state index in [0.29, 0.717) is 31.8 Å². The molecule has 2 heterocycles. The number of ether oxygens (including phenoxy) is 1. The molecule has 5 heteroatoms. The molecule has 1 aromatic heterocycles. The molecular formula is C24H26N2O3. The maximum atomic E-state index is 13.3. The number of hydrogen-bond acceptors (Lipinski definition) is 4. The zero-order valence-corrected chi connectivity index (χ0v) is 16.7. The molecule has 2 aromatic carbocycles. The lowest BCUT2D eigenvalue weighted by molar-refractivity contribution is -0.151. The topological polar surface area (TPSA) is 55.6 Å². The largest absolute Gasteiger partial charge is 0.365 e. The monoisotopic (exact) mass is 390 g/mol. The number of nitrogens with zero attached hydrogens (tertiary/aromatic N) is 2. The second kappa shape index (κ2) is 8.62. The highest BCUT2D eigenvalue weighted by Gasteiger charge is 2.45. The zero-order valence-electron chi connectivity index (χ0n) is 16.7. The fraction of sp³-hybridized carbons (Fsp3) is 0.333. The number of aromatic nitrogens is 1. The lowest BCUT2D eigenvalue weighted by Crippen LogP contribution is -2.49. The van der Waals surface area contributed by atoms with Crippen LogP contribution < -0.4 is 0 Å². The molecule has 1 amide bonds. The number of carbonyl (C=O) groups is 1. The van der Waals surface area contributed by atoms with Gasteiger partial charge in [0.2, 0.25) is 0 Å². The Morgan fingerprint density at radius 2 is 1.83 bits per heavy atom. The fourth-order valence-electron chi connectivity index (χ4n) is 3.89. The van der Waals surface area contributed by atoms with E-state index in [1.807, 2.05) is 61.6 Å². The first kappa shape index (κ1) is 19.4. The Balaban J connectivity index is 1.46. The Morgan fingerprint density at radius 1 is 1.10 bits per heavy atom. The summed E-state index contributed by atoms with van der Waals surface area (Å²) in [5.41, 5.74) is 2.13. The summed E-state index contributed by atoms with van der Waals surface area (Å²) in [6.07, 6.45) is 2.79. The summed E-state index contributed by atoms with van der Waals surface area (Å²) in [6, 6.07) is 22.0. The lowest BCUT2D eigenvalue weighted by Gasteiger charge is -2.31. The van der Waals surface area contributed by atoms with Gasteiger partial charge in [0, 0.05) is 38.2 Å². The van der Waals surface area contributed by atoms with Gasteiger partial charge in [-0.05, 0) is 24.8 Å². The van der Waals surface area contributed by atoms with Gasteiger partial charge in [0.05, 0.1) is 0 Å². The van der Waals surface area contributed by atoms with E-state index in [4.69, 9.17) is 9.26 Å². The van der Waals surface area contributed by atoms with Crippen molar-refractivity contribution in [2.75, 3.05) is 20.2 Å². The highest BCUT2D eigenvalue weighted by molar-refractivity contribution is 5.85. The summed E-state index contributed by atoms with van der Waals surface area (Å²) < 4.78 is 11.6. The third-order valence-electron chi connectivity index (χ3n) is 5.51. The number of carbonyl (C=O) groups excluding carboxylic acids is 1. The molecule has 0 bridgehead atoms. The summed E-state index contributed by atoms with van der Waals surface area (Å²) in [5.74, 6) is 0.694. The third kappa shape index (κ3) is 4.40. The average molecular weight is 390 g/mol. The van der Waals surface area contributed by atoms with Crippen molar-refractivity contribution in [2.45, 2.75) is 31.3 Å². The molecule has 1 fully saturated rings. The van der Waals surface area contributed by atoms with E-state index in [9.17, 15) is 4.79 Å². The van der Waals surface area contributed by atoms with Crippen LogP contribution in [0.3, 0.4) is 0 Å². The molecule has 1 aliphatic heterocycles. The van der Waals surface area contributed by atoms with Gasteiger partial charge in [-0.3, -0.25) is 4.79 Å². The highest BCUT2D eigenvalue weighted by atomic mass is 16.5. The van der Waals surface area contributed by atoms with Crippen LogP contribution in [0.5, 0.6) is 0 Å². The van der Waals surface area contributed by atoms with Crippen LogP contribution in [0.2, 0.25) is 0 Å². The molecule has 4 rings (SSSR count). The second-order valence-corrected chi connectivity index (χ2v) is 7.63. The van der Waals surface area contributed by atoms with Crippen LogP contribution in [0, 0.1) is 0 Å². The number of benzene rings is 2. The van der Waals surface area contributed by atoms with Crippen molar-refractivity contribution in [1.29, 1.82) is 0 Å². The maximum absolute atomic E-state index is 13.3. The van der Waals surface area contributed by atoms with Gasteiger partial charge >= 0.3 is 0 Å². The first-order valence-electron chi connectivity index (χ1n) is 10.1. The van der Waals surface area contributed by atoms with Crippen molar-refractivity contribution in [3.63, 3.8) is 0 Å². The Bertz CT molecular complexity index is 931. The molecule has 0 aliphatic carbocycles. The SMILES string of the molecule is CN(CCc1ccccc1)C(=O)[C@]1(Cc2cc(-c3ccccc3)no2)CCCO1. The summed E-state index contributed by atoms with van der Waals surface area (Å²) in [7, 11) is 1.85. The fourth-order valence-corrected chi connectivity index (χ4v) is 3.89. The molecule has 150 valence electrons. The average Bonchev–Trinajstić information content (AvgIpc) is 3.44. The van der Waals surface area contributed by atoms with Crippen LogP contribution in [-0.2, 0) is 22.4 Å². The molecule has 3 aromatic rings. The minimum Gasteiger partial charge on any atom is -0.365 e. The van der Waals surface area contributed by atoms with Gasteiger partial charge in [-0.2, -0.15) is 0 Å². The summed E-state index contributed by atoms with van der Waals surface area (Å²) in [5, 5.41) is 4.18. The van der Waals surface area contributed by atoms with E-state index in [1.165, 1.54) is 5.56 Å². The minimum absolute atomic E-state index is 0.0172. The Kier molecular flexibility index (Phi) is 5.76. The standard InChI is InChI=1S/C24H26N2O3/c1-26(15-13-19-9-4-2-5-10-19)23(27)24(14-8-16-28-24)18-21-17-22(25-29-21)20-11-6-3-7-12-20/h2-7,9-12,17H,8,13-16,18H2,1H3/t24-/m1/s1. The van der Waals surface area contributed by atoms with Gasteiger partial charge in [0.25, 0.3) is 5.91 Å². The van der Waals surface area contributed by atoms with Crippen molar-refractivity contribution >= 4 is 5.91 Å². The molecule has 0 saturated carbocycles. The number of amides is 1. The smallest absolute Gasteiger partial charge is 0.255 e. The first-order valence-corrected chi connectivity index (χ1v) is 10.1. The predicted octanol–water partition coefficient (Wildman–Crippen LogP) is 4.13. The van der Waals surface area contributed by atoms with E-state index in [1.54, 1.807) is 4.90 Å². The first-order chi connectivity index (χ1) is 14.2. The van der Waals surface area contributed by atoms with E-state index in [-0.39, 0.29) is 5.91 Å². The van der Waals surface area contributed by atoms with Gasteiger partial charge in [-0.1, -0.05) is 65.8 Å². The van der Waals surface area contributed by atoms with Crippen LogP contribution in [0.25, 0.3) is 11.3 Å². The minimum atomic E-state index is -0.862. The van der Waals surface area contributed by atoms with E-state index in [0.717, 1.165) is 24.1 Å². The molecule has 0 unspecified atom stereocenters. The second-order valence-electron chi connectivity index (χ2n) is 7.63. The van der Waals surface area contributed by atoms with Gasteiger partial charge in [-0.25, -0.2) is 0 Å². The van der Waals surface area contributed by atoms with E-state index in [2.05, 4.69) is 17.3 Å². The van der Waals surface area contributed by atoms with Gasteiger partial charge in [0.1, 0.15) is 11.5 Å². The maximum Gasteiger partial charge on any atom is 0.255 e. The normalized spacial score (nSPS) is 18.7. The van der Waals surface area contributed by atoms with Crippen molar-refractivity contribution < 1.29 is 14.1 Å². The Hall–Kier alpha value is -2.92. The molecule has 5 nitrogen and oxygen atoms in total. The third-order valence-corrected chi connectivity index (χ3v) is 5.51. The lowest BCUT2D eigenvalue weighted by atomic mass is 9.92. The van der Waals surface area contributed by atoms with Crippen LogP contribution in [0.15, 0.2) is 71.3 Å². The predicted molar refractivity (Wildman–Crippen MR) is 111 cm³/mol. The molecule has 0 radical (unpaired) electrons. The van der Waals surface area contributed by atoms with Crippen LogP contribution in [-0.4, -0.2) is 41.8 Å². The van der Waals surface area contributed by atoms with Crippen molar-refractivity contribution in [3.05, 3.63) is 78.1 Å². The number of hydrogen-bond donors (Lipinski definition) is 0. The molecule has 1 saturated heterocycles. The van der Waals surface area contributed by atoms with E-state index >= 15 is 0 Å². The van der Waals surface area contributed by atoms with Crippen molar-refractivity contribution in [3.8, 4) is 11.3 Å². The Labute approximate surface area is 171 Å². The van der Waals surface area contributed by atoms with Gasteiger partial charge in [0.15, 0.2) is 5.60 Å².